The van der Waals surface area contributed by atoms with Gasteiger partial charge in [-0.15, -0.1) is 12.4 Å². The van der Waals surface area contributed by atoms with Gasteiger partial charge in [0.2, 0.25) is 0 Å². The molecular weight excluding hydrogens is 153 g/mol. The van der Waals surface area contributed by atoms with Crippen molar-refractivity contribution in [1.82, 2.24) is 5.32 Å². The smallest absolute Gasteiger partial charge is 0.108 e. The summed E-state index contributed by atoms with van der Waals surface area (Å²) in [6.07, 6.45) is 2.46. The molecule has 1 saturated carbocycles. The van der Waals surface area contributed by atoms with E-state index in [9.17, 15) is 4.39 Å². The summed E-state index contributed by atoms with van der Waals surface area (Å²) >= 11 is 0. The monoisotopic (exact) mass is 165 g/mol. The molecule has 3 heteroatoms. The van der Waals surface area contributed by atoms with Crippen molar-refractivity contribution in [3.05, 3.63) is 0 Å². The van der Waals surface area contributed by atoms with Crippen LogP contribution in [0.4, 0.5) is 4.39 Å². The third kappa shape index (κ3) is 1.15. The Labute approximate surface area is 66.8 Å². The minimum absolute atomic E-state index is 0. The largest absolute Gasteiger partial charge is 0.316 e. The second-order valence-electron chi connectivity index (χ2n) is 3.30. The Balaban J connectivity index is 0.000000500. The quantitative estimate of drug-likeness (QED) is 0.574. The van der Waals surface area contributed by atoms with Crippen LogP contribution in [0.1, 0.15) is 19.3 Å². The highest BCUT2D eigenvalue weighted by Gasteiger charge is 2.50. The van der Waals surface area contributed by atoms with Gasteiger partial charge in [0.1, 0.15) is 6.17 Å². The number of piperidine rings is 1. The molecule has 10 heavy (non-hydrogen) atoms. The highest BCUT2D eigenvalue weighted by atomic mass is 35.5. The Morgan fingerprint density at radius 2 is 2.10 bits per heavy atom. The van der Waals surface area contributed by atoms with E-state index in [-0.39, 0.29) is 17.8 Å². The van der Waals surface area contributed by atoms with Gasteiger partial charge < -0.3 is 5.32 Å². The summed E-state index contributed by atoms with van der Waals surface area (Å²) in [7, 11) is 0. The Morgan fingerprint density at radius 3 is 2.50 bits per heavy atom. The summed E-state index contributed by atoms with van der Waals surface area (Å²) in [6, 6.07) is 0. The fourth-order valence-corrected chi connectivity index (χ4v) is 1.63. The van der Waals surface area contributed by atoms with Crippen molar-refractivity contribution in [2.45, 2.75) is 25.4 Å². The van der Waals surface area contributed by atoms with Crippen LogP contribution in [-0.4, -0.2) is 19.3 Å². The molecule has 2 aliphatic rings. The molecule has 0 bridgehead atoms. The first-order valence-corrected chi connectivity index (χ1v) is 3.68. The Hall–Kier alpha value is 0.180. The molecule has 1 unspecified atom stereocenters. The van der Waals surface area contributed by atoms with Crippen molar-refractivity contribution < 1.29 is 4.39 Å². The van der Waals surface area contributed by atoms with E-state index in [4.69, 9.17) is 0 Å². The third-order valence-corrected chi connectivity index (χ3v) is 2.61. The minimum Gasteiger partial charge on any atom is -0.316 e. The van der Waals surface area contributed by atoms with E-state index in [1.54, 1.807) is 0 Å². The molecule has 1 aliphatic heterocycles. The average Bonchev–Trinajstić information content (AvgIpc) is 2.60. The van der Waals surface area contributed by atoms with E-state index in [2.05, 4.69) is 5.32 Å². The zero-order valence-electron chi connectivity index (χ0n) is 5.90. The van der Waals surface area contributed by atoms with Crippen molar-refractivity contribution in [2.75, 3.05) is 13.1 Å². The van der Waals surface area contributed by atoms with Gasteiger partial charge in [0.15, 0.2) is 0 Å². The zero-order valence-corrected chi connectivity index (χ0v) is 6.72. The second kappa shape index (κ2) is 2.67. The third-order valence-electron chi connectivity index (χ3n) is 2.61. The maximum atomic E-state index is 13.0. The number of nitrogens with one attached hydrogen (secondary N) is 1. The van der Waals surface area contributed by atoms with Crippen molar-refractivity contribution in [1.29, 1.82) is 0 Å². The molecule has 60 valence electrons. The lowest BCUT2D eigenvalue weighted by Crippen LogP contribution is -2.39. The molecule has 1 spiro atoms. The molecule has 0 aromatic rings. The van der Waals surface area contributed by atoms with Crippen molar-refractivity contribution in [3.8, 4) is 0 Å². The predicted molar refractivity (Wildman–Crippen MR) is 41.3 cm³/mol. The van der Waals surface area contributed by atoms with Gasteiger partial charge in [0.05, 0.1) is 0 Å². The summed E-state index contributed by atoms with van der Waals surface area (Å²) < 4.78 is 13.0. The number of hydrogen-bond acceptors (Lipinski definition) is 1. The van der Waals surface area contributed by atoms with Crippen LogP contribution in [0.15, 0.2) is 0 Å². The molecule has 0 radical (unpaired) electrons. The van der Waals surface area contributed by atoms with Crippen LogP contribution in [0.5, 0.6) is 0 Å². The van der Waals surface area contributed by atoms with E-state index >= 15 is 0 Å². The molecule has 0 aromatic carbocycles. The van der Waals surface area contributed by atoms with Crippen molar-refractivity contribution >= 4 is 12.4 Å². The normalized spacial score (nSPS) is 35.1. The Morgan fingerprint density at radius 1 is 1.40 bits per heavy atom. The van der Waals surface area contributed by atoms with Gasteiger partial charge in [0.25, 0.3) is 0 Å². The van der Waals surface area contributed by atoms with Crippen LogP contribution >= 0.6 is 12.4 Å². The molecule has 1 N–H and O–H groups in total. The second-order valence-corrected chi connectivity index (χ2v) is 3.30. The molecule has 1 heterocycles. The van der Waals surface area contributed by atoms with Crippen LogP contribution < -0.4 is 5.32 Å². The summed E-state index contributed by atoms with van der Waals surface area (Å²) in [6.45, 7) is 1.80. The Bertz CT molecular complexity index is 125. The van der Waals surface area contributed by atoms with Gasteiger partial charge in [0, 0.05) is 12.0 Å². The van der Waals surface area contributed by atoms with Crippen LogP contribution in [0.25, 0.3) is 0 Å². The zero-order chi connectivity index (χ0) is 6.32. The van der Waals surface area contributed by atoms with E-state index in [0.29, 0.717) is 0 Å². The lowest BCUT2D eigenvalue weighted by Gasteiger charge is -2.25. The fourth-order valence-electron chi connectivity index (χ4n) is 1.63. The van der Waals surface area contributed by atoms with E-state index in [1.807, 2.05) is 0 Å². The Kier molecular flexibility index (Phi) is 2.21. The lowest BCUT2D eigenvalue weighted by molar-refractivity contribution is 0.160. The van der Waals surface area contributed by atoms with E-state index in [1.165, 1.54) is 0 Å². The molecule has 2 fully saturated rings. The van der Waals surface area contributed by atoms with Crippen LogP contribution in [-0.2, 0) is 0 Å². The molecule has 1 saturated heterocycles. The number of alkyl halides is 1. The molecular formula is C7H13ClFN. The molecule has 1 atom stereocenters. The number of hydrogen-bond donors (Lipinski definition) is 1. The first kappa shape index (κ1) is 8.28. The average molecular weight is 166 g/mol. The molecule has 0 aromatic heterocycles. The van der Waals surface area contributed by atoms with Crippen LogP contribution in [0.2, 0.25) is 0 Å². The molecule has 2 rings (SSSR count). The minimum atomic E-state index is -0.501. The van der Waals surface area contributed by atoms with Crippen molar-refractivity contribution in [3.63, 3.8) is 0 Å². The summed E-state index contributed by atoms with van der Waals surface area (Å²) in [4.78, 5) is 0. The van der Waals surface area contributed by atoms with E-state index in [0.717, 1.165) is 32.4 Å². The predicted octanol–water partition coefficient (Wildman–Crippen LogP) is 1.52. The SMILES string of the molecule is Cl.FC1CCNCC12CC2. The van der Waals surface area contributed by atoms with Crippen LogP contribution in [0, 0.1) is 5.41 Å². The van der Waals surface area contributed by atoms with Gasteiger partial charge in [-0.25, -0.2) is 4.39 Å². The number of rotatable bonds is 0. The van der Waals surface area contributed by atoms with Crippen LogP contribution in [0.3, 0.4) is 0 Å². The first-order chi connectivity index (χ1) is 4.33. The van der Waals surface area contributed by atoms with Gasteiger partial charge in [-0.1, -0.05) is 0 Å². The van der Waals surface area contributed by atoms with Gasteiger partial charge in [-0.2, -0.15) is 0 Å². The number of halogens is 2. The molecule has 1 nitrogen and oxygen atoms in total. The summed E-state index contributed by atoms with van der Waals surface area (Å²) in [5.41, 5.74) is 0.109. The van der Waals surface area contributed by atoms with Gasteiger partial charge >= 0.3 is 0 Å². The van der Waals surface area contributed by atoms with Gasteiger partial charge in [-0.05, 0) is 25.8 Å². The maximum Gasteiger partial charge on any atom is 0.108 e. The molecule has 0 amide bonds. The highest BCUT2D eigenvalue weighted by Crippen LogP contribution is 2.51. The maximum absolute atomic E-state index is 13.0. The topological polar surface area (TPSA) is 12.0 Å². The standard InChI is InChI=1S/C7H12FN.ClH/c8-6-1-4-9-5-7(6)2-3-7;/h6,9H,1-5H2;1H. The first-order valence-electron chi connectivity index (χ1n) is 3.68. The highest BCUT2D eigenvalue weighted by molar-refractivity contribution is 5.85. The summed E-state index contributed by atoms with van der Waals surface area (Å²) in [5, 5.41) is 3.23. The lowest BCUT2D eigenvalue weighted by atomic mass is 9.94. The summed E-state index contributed by atoms with van der Waals surface area (Å²) in [5.74, 6) is 0. The molecule has 1 aliphatic carbocycles. The fraction of sp³-hybridized carbons (Fsp3) is 1.00. The van der Waals surface area contributed by atoms with E-state index < -0.39 is 6.17 Å². The van der Waals surface area contributed by atoms with Crippen molar-refractivity contribution in [2.24, 2.45) is 5.41 Å². The van der Waals surface area contributed by atoms with Gasteiger partial charge in [-0.3, -0.25) is 0 Å².